The van der Waals surface area contributed by atoms with Crippen molar-refractivity contribution in [2.75, 3.05) is 13.2 Å². The first-order valence-corrected chi connectivity index (χ1v) is 9.92. The van der Waals surface area contributed by atoms with E-state index in [0.717, 1.165) is 48.5 Å². The van der Waals surface area contributed by atoms with Crippen LogP contribution in [0.25, 0.3) is 0 Å². The van der Waals surface area contributed by atoms with Gasteiger partial charge in [-0.25, -0.2) is 0 Å². The quantitative estimate of drug-likeness (QED) is 0.254. The van der Waals surface area contributed by atoms with Crippen LogP contribution in [0.15, 0.2) is 48.5 Å². The van der Waals surface area contributed by atoms with E-state index in [1.807, 2.05) is 48.5 Å². The average Bonchev–Trinajstić information content (AvgIpc) is 2.70. The molecule has 2 rings (SSSR count). The molecule has 2 aromatic carbocycles. The standard InChI is InChI=1S/C23H31N3O2/c1-18(24)19-8-12-21(13-9-19)27-16-6-4-2-3-5-7-17-28-22-14-10-20(11-15-22)23(25)26/h8-15,24H,2-7,16-17H2,1H3,(H3,25,26). The monoisotopic (exact) mass is 381 g/mol. The first kappa shape index (κ1) is 21.5. The summed E-state index contributed by atoms with van der Waals surface area (Å²) >= 11 is 0. The molecule has 0 amide bonds. The third-order valence-electron chi connectivity index (χ3n) is 4.53. The zero-order valence-electron chi connectivity index (χ0n) is 16.7. The lowest BCUT2D eigenvalue weighted by molar-refractivity contribution is 0.297. The Kier molecular flexibility index (Phi) is 9.05. The number of ether oxygens (including phenoxy) is 2. The second-order valence-corrected chi connectivity index (χ2v) is 6.91. The molecule has 0 unspecified atom stereocenters. The number of unbranched alkanes of at least 4 members (excludes halogenated alkanes) is 5. The van der Waals surface area contributed by atoms with Crippen molar-refractivity contribution in [1.29, 1.82) is 10.8 Å². The van der Waals surface area contributed by atoms with Crippen LogP contribution in [0.3, 0.4) is 0 Å². The van der Waals surface area contributed by atoms with Gasteiger partial charge in [-0.3, -0.25) is 5.41 Å². The van der Waals surface area contributed by atoms with Crippen molar-refractivity contribution in [3.8, 4) is 11.5 Å². The van der Waals surface area contributed by atoms with E-state index in [9.17, 15) is 0 Å². The number of benzene rings is 2. The van der Waals surface area contributed by atoms with Crippen molar-refractivity contribution >= 4 is 11.5 Å². The van der Waals surface area contributed by atoms with Gasteiger partial charge in [0.1, 0.15) is 17.3 Å². The Labute approximate surface area is 167 Å². The molecule has 150 valence electrons. The van der Waals surface area contributed by atoms with E-state index in [-0.39, 0.29) is 5.84 Å². The lowest BCUT2D eigenvalue weighted by atomic mass is 10.1. The Morgan fingerprint density at radius 2 is 1.07 bits per heavy atom. The van der Waals surface area contributed by atoms with Crippen molar-refractivity contribution < 1.29 is 9.47 Å². The van der Waals surface area contributed by atoms with Gasteiger partial charge in [-0.2, -0.15) is 0 Å². The third kappa shape index (κ3) is 7.82. The number of nitrogen functional groups attached to an aromatic ring is 1. The average molecular weight is 382 g/mol. The smallest absolute Gasteiger partial charge is 0.122 e. The highest BCUT2D eigenvalue weighted by Crippen LogP contribution is 2.15. The van der Waals surface area contributed by atoms with Gasteiger partial charge in [0.15, 0.2) is 0 Å². The summed E-state index contributed by atoms with van der Waals surface area (Å²) < 4.78 is 11.5. The molecule has 0 bridgehead atoms. The van der Waals surface area contributed by atoms with Gasteiger partial charge in [-0.05, 0) is 73.9 Å². The van der Waals surface area contributed by atoms with E-state index >= 15 is 0 Å². The van der Waals surface area contributed by atoms with E-state index in [0.29, 0.717) is 12.3 Å². The van der Waals surface area contributed by atoms with Crippen LogP contribution in [0.1, 0.15) is 56.6 Å². The molecule has 28 heavy (non-hydrogen) atoms. The van der Waals surface area contributed by atoms with Crippen LogP contribution in [-0.4, -0.2) is 24.8 Å². The summed E-state index contributed by atoms with van der Waals surface area (Å²) in [6.07, 6.45) is 6.86. The molecule has 0 aliphatic heterocycles. The largest absolute Gasteiger partial charge is 0.494 e. The molecule has 0 fully saturated rings. The van der Waals surface area contributed by atoms with E-state index in [4.69, 9.17) is 26.0 Å². The Balaban J connectivity index is 1.45. The fourth-order valence-electron chi connectivity index (χ4n) is 2.82. The van der Waals surface area contributed by atoms with Crippen LogP contribution >= 0.6 is 0 Å². The Morgan fingerprint density at radius 3 is 1.46 bits per heavy atom. The van der Waals surface area contributed by atoms with Crippen molar-refractivity contribution in [2.24, 2.45) is 5.73 Å². The minimum Gasteiger partial charge on any atom is -0.494 e. The van der Waals surface area contributed by atoms with Crippen molar-refractivity contribution in [2.45, 2.75) is 45.4 Å². The SMILES string of the molecule is CC(=N)c1ccc(OCCCCCCCCOc2ccc(C(=N)N)cc2)cc1. The van der Waals surface area contributed by atoms with Crippen LogP contribution in [0.4, 0.5) is 0 Å². The van der Waals surface area contributed by atoms with Gasteiger partial charge in [0, 0.05) is 11.3 Å². The maximum Gasteiger partial charge on any atom is 0.122 e. The fourth-order valence-corrected chi connectivity index (χ4v) is 2.82. The molecule has 0 atom stereocenters. The molecule has 0 heterocycles. The van der Waals surface area contributed by atoms with Gasteiger partial charge in [0.25, 0.3) is 0 Å². The van der Waals surface area contributed by atoms with E-state index in [2.05, 4.69) is 0 Å². The predicted octanol–water partition coefficient (Wildman–Crippen LogP) is 5.16. The number of hydrogen-bond acceptors (Lipinski definition) is 4. The number of rotatable bonds is 13. The predicted molar refractivity (Wildman–Crippen MR) is 115 cm³/mol. The van der Waals surface area contributed by atoms with Crippen LogP contribution in [-0.2, 0) is 0 Å². The summed E-state index contributed by atoms with van der Waals surface area (Å²) in [7, 11) is 0. The van der Waals surface area contributed by atoms with Crippen LogP contribution in [0.2, 0.25) is 0 Å². The zero-order chi connectivity index (χ0) is 20.2. The van der Waals surface area contributed by atoms with E-state index in [1.165, 1.54) is 19.3 Å². The van der Waals surface area contributed by atoms with Gasteiger partial charge < -0.3 is 20.6 Å². The molecule has 0 saturated carbocycles. The number of amidine groups is 1. The molecule has 0 aromatic heterocycles. The first-order valence-electron chi connectivity index (χ1n) is 9.92. The molecule has 0 radical (unpaired) electrons. The molecule has 2 aromatic rings. The highest BCUT2D eigenvalue weighted by molar-refractivity contribution is 5.96. The van der Waals surface area contributed by atoms with Gasteiger partial charge in [-0.1, -0.05) is 25.7 Å². The van der Waals surface area contributed by atoms with E-state index in [1.54, 1.807) is 6.92 Å². The highest BCUT2D eigenvalue weighted by Gasteiger charge is 1.99. The van der Waals surface area contributed by atoms with Crippen LogP contribution < -0.4 is 15.2 Å². The van der Waals surface area contributed by atoms with Crippen molar-refractivity contribution in [3.05, 3.63) is 59.7 Å². The Bertz CT molecular complexity index is 674. The van der Waals surface area contributed by atoms with Gasteiger partial charge in [0.05, 0.1) is 13.2 Å². The van der Waals surface area contributed by atoms with Crippen molar-refractivity contribution in [1.82, 2.24) is 0 Å². The second kappa shape index (κ2) is 11.8. The normalized spacial score (nSPS) is 10.5. The van der Waals surface area contributed by atoms with Crippen LogP contribution in [0.5, 0.6) is 11.5 Å². The molecule has 0 aliphatic rings. The topological polar surface area (TPSA) is 92.2 Å². The minimum atomic E-state index is 0.0766. The lowest BCUT2D eigenvalue weighted by Gasteiger charge is -2.08. The summed E-state index contributed by atoms with van der Waals surface area (Å²) in [5.41, 5.74) is 7.66. The highest BCUT2D eigenvalue weighted by atomic mass is 16.5. The minimum absolute atomic E-state index is 0.0766. The van der Waals surface area contributed by atoms with Gasteiger partial charge in [0.2, 0.25) is 0 Å². The number of nitrogens with one attached hydrogen (secondary N) is 2. The summed E-state index contributed by atoms with van der Waals surface area (Å²) in [5.74, 6) is 1.78. The lowest BCUT2D eigenvalue weighted by Crippen LogP contribution is -2.10. The maximum absolute atomic E-state index is 7.59. The summed E-state index contributed by atoms with van der Waals surface area (Å²) in [4.78, 5) is 0. The Morgan fingerprint density at radius 1 is 0.679 bits per heavy atom. The fraction of sp³-hybridized carbons (Fsp3) is 0.391. The molecule has 0 saturated heterocycles. The molecule has 4 N–H and O–H groups in total. The summed E-state index contributed by atoms with van der Waals surface area (Å²) in [5, 5.41) is 15.0. The summed E-state index contributed by atoms with van der Waals surface area (Å²) in [6, 6.07) is 15.1. The molecular weight excluding hydrogens is 350 g/mol. The molecule has 5 nitrogen and oxygen atoms in total. The third-order valence-corrected chi connectivity index (χ3v) is 4.53. The van der Waals surface area contributed by atoms with E-state index < -0.39 is 0 Å². The van der Waals surface area contributed by atoms with Gasteiger partial charge in [-0.15, -0.1) is 0 Å². The maximum atomic E-state index is 7.59. The summed E-state index contributed by atoms with van der Waals surface area (Å²) in [6.45, 7) is 3.24. The zero-order valence-corrected chi connectivity index (χ0v) is 16.7. The Hall–Kier alpha value is -2.82. The van der Waals surface area contributed by atoms with Crippen molar-refractivity contribution in [3.63, 3.8) is 0 Å². The van der Waals surface area contributed by atoms with Crippen LogP contribution in [0, 0.1) is 10.8 Å². The number of nitrogens with two attached hydrogens (primary N) is 1. The van der Waals surface area contributed by atoms with Gasteiger partial charge >= 0.3 is 0 Å². The molecule has 0 spiro atoms. The number of hydrogen-bond donors (Lipinski definition) is 3. The first-order chi connectivity index (χ1) is 13.6. The molecular formula is C23H31N3O2. The molecule has 5 heteroatoms. The second-order valence-electron chi connectivity index (χ2n) is 6.91. The molecule has 0 aliphatic carbocycles.